The lowest BCUT2D eigenvalue weighted by Gasteiger charge is -2.32. The van der Waals surface area contributed by atoms with E-state index in [1.165, 1.54) is 24.0 Å². The van der Waals surface area contributed by atoms with E-state index in [1.54, 1.807) is 4.90 Å². The minimum atomic E-state index is -0.180. The molecule has 0 radical (unpaired) electrons. The summed E-state index contributed by atoms with van der Waals surface area (Å²) in [5.74, 6) is -0.229. The Balaban J connectivity index is 1.50. The molecule has 2 aliphatic rings. The van der Waals surface area contributed by atoms with Crippen LogP contribution >= 0.6 is 0 Å². The van der Waals surface area contributed by atoms with Crippen LogP contribution in [0.2, 0.25) is 0 Å². The van der Waals surface area contributed by atoms with Crippen LogP contribution in [0, 0.1) is 5.92 Å². The molecule has 0 aromatic heterocycles. The number of amides is 2. The molecule has 1 aliphatic carbocycles. The molecule has 1 aromatic rings. The van der Waals surface area contributed by atoms with Gasteiger partial charge in [0.1, 0.15) is 0 Å². The number of hydrogen-bond donors (Lipinski definition) is 2. The molecule has 1 saturated heterocycles. The quantitative estimate of drug-likeness (QED) is 0.701. The second-order valence-corrected chi connectivity index (χ2v) is 7.87. The minimum absolute atomic E-state index is 0.0240. The van der Waals surface area contributed by atoms with Crippen molar-refractivity contribution in [1.29, 1.82) is 0 Å². The third kappa shape index (κ3) is 5.19. The number of rotatable bonds is 7. The molecule has 6 heteroatoms. The van der Waals surface area contributed by atoms with Gasteiger partial charge in [-0.15, -0.1) is 0 Å². The van der Waals surface area contributed by atoms with Gasteiger partial charge in [-0.2, -0.15) is 0 Å². The second kappa shape index (κ2) is 9.82. The average molecular weight is 386 g/mol. The summed E-state index contributed by atoms with van der Waals surface area (Å²) in [6, 6.07) is 5.98. The third-order valence-electron chi connectivity index (χ3n) is 5.82. The van der Waals surface area contributed by atoms with Crippen LogP contribution in [0.5, 0.6) is 0 Å². The number of Topliss-reactive ketones (excluding diaryl/α,β-unsaturated/α-hetero) is 1. The van der Waals surface area contributed by atoms with Crippen LogP contribution in [0.4, 0.5) is 0 Å². The maximum Gasteiger partial charge on any atom is 0.224 e. The van der Waals surface area contributed by atoms with Crippen molar-refractivity contribution in [1.82, 2.24) is 10.2 Å². The first-order valence-electron chi connectivity index (χ1n) is 10.5. The number of carbonyl (C=O) groups is 3. The molecule has 1 unspecified atom stereocenters. The normalized spacial score (nSPS) is 19.0. The Morgan fingerprint density at radius 1 is 1.07 bits per heavy atom. The van der Waals surface area contributed by atoms with Crippen molar-refractivity contribution in [2.75, 3.05) is 26.2 Å². The Bertz CT molecular complexity index is 732. The Kier molecular flexibility index (Phi) is 7.20. The van der Waals surface area contributed by atoms with Gasteiger partial charge >= 0.3 is 0 Å². The number of nitrogens with two attached hydrogens (primary N) is 1. The molecule has 6 nitrogen and oxygen atoms in total. The molecular formula is C22H31N3O3. The number of piperidine rings is 1. The van der Waals surface area contributed by atoms with E-state index in [2.05, 4.69) is 11.4 Å². The van der Waals surface area contributed by atoms with Crippen LogP contribution in [0.25, 0.3) is 0 Å². The van der Waals surface area contributed by atoms with Crippen molar-refractivity contribution in [3.8, 4) is 0 Å². The average Bonchev–Trinajstić information content (AvgIpc) is 2.75. The lowest BCUT2D eigenvalue weighted by Crippen LogP contribution is -2.46. The number of aryl methyl sites for hydroxylation is 2. The SMILES string of the molecule is NCCNC(=O)C1CCCN(C(=O)CCC(=O)c2ccc3c(c2)CCCC3)C1. The summed E-state index contributed by atoms with van der Waals surface area (Å²) in [5.41, 5.74) is 8.77. The van der Waals surface area contributed by atoms with E-state index >= 15 is 0 Å². The number of carbonyl (C=O) groups excluding carboxylic acids is 3. The predicted molar refractivity (Wildman–Crippen MR) is 108 cm³/mol. The molecule has 28 heavy (non-hydrogen) atoms. The molecule has 1 atom stereocenters. The molecule has 1 aliphatic heterocycles. The number of ketones is 1. The summed E-state index contributed by atoms with van der Waals surface area (Å²) in [5, 5.41) is 2.80. The fourth-order valence-corrected chi connectivity index (χ4v) is 4.19. The molecule has 1 fully saturated rings. The summed E-state index contributed by atoms with van der Waals surface area (Å²) in [4.78, 5) is 39.0. The number of nitrogens with zero attached hydrogens (tertiary/aromatic N) is 1. The Hall–Kier alpha value is -2.21. The molecule has 0 saturated carbocycles. The lowest BCUT2D eigenvalue weighted by molar-refractivity contribution is -0.135. The number of likely N-dealkylation sites (tertiary alicyclic amines) is 1. The van der Waals surface area contributed by atoms with Crippen molar-refractivity contribution in [3.05, 3.63) is 34.9 Å². The van der Waals surface area contributed by atoms with Crippen molar-refractivity contribution < 1.29 is 14.4 Å². The monoisotopic (exact) mass is 385 g/mol. The van der Waals surface area contributed by atoms with Gasteiger partial charge in [0, 0.05) is 44.6 Å². The summed E-state index contributed by atoms with van der Waals surface area (Å²) in [6.45, 7) is 1.96. The highest BCUT2D eigenvalue weighted by Crippen LogP contribution is 2.23. The first-order valence-corrected chi connectivity index (χ1v) is 10.5. The fourth-order valence-electron chi connectivity index (χ4n) is 4.19. The smallest absolute Gasteiger partial charge is 0.224 e. The predicted octanol–water partition coefficient (Wildman–Crippen LogP) is 1.84. The number of fused-ring (bicyclic) bond motifs is 1. The zero-order valence-corrected chi connectivity index (χ0v) is 16.5. The zero-order valence-electron chi connectivity index (χ0n) is 16.5. The lowest BCUT2D eigenvalue weighted by atomic mass is 9.89. The number of hydrogen-bond acceptors (Lipinski definition) is 4. The van der Waals surface area contributed by atoms with E-state index in [4.69, 9.17) is 5.73 Å². The maximum absolute atomic E-state index is 12.6. The van der Waals surface area contributed by atoms with Gasteiger partial charge in [0.05, 0.1) is 5.92 Å². The first-order chi connectivity index (χ1) is 13.6. The topological polar surface area (TPSA) is 92.5 Å². The largest absolute Gasteiger partial charge is 0.355 e. The van der Waals surface area contributed by atoms with Crippen LogP contribution in [0.15, 0.2) is 18.2 Å². The minimum Gasteiger partial charge on any atom is -0.355 e. The van der Waals surface area contributed by atoms with Gasteiger partial charge in [0.2, 0.25) is 11.8 Å². The van der Waals surface area contributed by atoms with Gasteiger partial charge in [-0.05, 0) is 55.7 Å². The van der Waals surface area contributed by atoms with Crippen molar-refractivity contribution in [2.45, 2.75) is 51.4 Å². The van der Waals surface area contributed by atoms with E-state index < -0.39 is 0 Å². The maximum atomic E-state index is 12.6. The van der Waals surface area contributed by atoms with Crippen LogP contribution in [0.3, 0.4) is 0 Å². The van der Waals surface area contributed by atoms with E-state index in [-0.39, 0.29) is 36.4 Å². The first kappa shape index (κ1) is 20.5. The highest BCUT2D eigenvalue weighted by Gasteiger charge is 2.28. The molecule has 0 bridgehead atoms. The third-order valence-corrected chi connectivity index (χ3v) is 5.82. The van der Waals surface area contributed by atoms with Crippen molar-refractivity contribution in [2.24, 2.45) is 11.7 Å². The second-order valence-electron chi connectivity index (χ2n) is 7.87. The summed E-state index contributed by atoms with van der Waals surface area (Å²) >= 11 is 0. The molecule has 3 rings (SSSR count). The van der Waals surface area contributed by atoms with Crippen LogP contribution < -0.4 is 11.1 Å². The van der Waals surface area contributed by atoms with Crippen LogP contribution in [-0.2, 0) is 22.4 Å². The van der Waals surface area contributed by atoms with E-state index in [9.17, 15) is 14.4 Å². The molecule has 1 heterocycles. The molecule has 1 aromatic carbocycles. The Morgan fingerprint density at radius 3 is 2.64 bits per heavy atom. The van der Waals surface area contributed by atoms with E-state index in [0.717, 1.165) is 25.7 Å². The fraction of sp³-hybridized carbons (Fsp3) is 0.591. The number of benzene rings is 1. The molecule has 2 amide bonds. The van der Waals surface area contributed by atoms with Gasteiger partial charge in [0.25, 0.3) is 0 Å². The molecule has 3 N–H and O–H groups in total. The highest BCUT2D eigenvalue weighted by molar-refractivity contribution is 5.98. The molecule has 0 spiro atoms. The molecular weight excluding hydrogens is 354 g/mol. The summed E-state index contributed by atoms with van der Waals surface area (Å²) in [6.07, 6.45) is 6.55. The van der Waals surface area contributed by atoms with Gasteiger partial charge in [-0.3, -0.25) is 14.4 Å². The standard InChI is InChI=1S/C22H31N3O3/c23-11-12-24-22(28)19-6-3-13-25(15-19)21(27)10-9-20(26)18-8-7-16-4-1-2-5-17(16)14-18/h7-8,14,19H,1-6,9-13,15,23H2,(H,24,28). The summed E-state index contributed by atoms with van der Waals surface area (Å²) < 4.78 is 0. The summed E-state index contributed by atoms with van der Waals surface area (Å²) in [7, 11) is 0. The van der Waals surface area contributed by atoms with Gasteiger partial charge in [-0.1, -0.05) is 12.1 Å². The van der Waals surface area contributed by atoms with Crippen LogP contribution in [-0.4, -0.2) is 48.7 Å². The van der Waals surface area contributed by atoms with E-state index in [1.807, 2.05) is 12.1 Å². The van der Waals surface area contributed by atoms with Gasteiger partial charge < -0.3 is 16.0 Å². The van der Waals surface area contributed by atoms with Gasteiger partial charge in [-0.25, -0.2) is 0 Å². The van der Waals surface area contributed by atoms with Crippen LogP contribution in [0.1, 0.15) is 60.0 Å². The zero-order chi connectivity index (χ0) is 19.9. The Labute approximate surface area is 166 Å². The highest BCUT2D eigenvalue weighted by atomic mass is 16.2. The number of nitrogens with one attached hydrogen (secondary N) is 1. The van der Waals surface area contributed by atoms with E-state index in [0.29, 0.717) is 31.7 Å². The van der Waals surface area contributed by atoms with Crippen molar-refractivity contribution in [3.63, 3.8) is 0 Å². The Morgan fingerprint density at radius 2 is 1.86 bits per heavy atom. The molecule has 152 valence electrons. The van der Waals surface area contributed by atoms with Crippen molar-refractivity contribution >= 4 is 17.6 Å². The van der Waals surface area contributed by atoms with Gasteiger partial charge in [0.15, 0.2) is 5.78 Å².